The minimum absolute atomic E-state index is 0.115. The summed E-state index contributed by atoms with van der Waals surface area (Å²) in [6.45, 7) is 5.89. The molecule has 0 saturated carbocycles. The van der Waals surface area contributed by atoms with Crippen LogP contribution in [-0.2, 0) is 13.2 Å². The molecule has 12 heteroatoms. The van der Waals surface area contributed by atoms with Gasteiger partial charge >= 0.3 is 6.18 Å². The molecule has 2 aromatic heterocycles. The van der Waals surface area contributed by atoms with Gasteiger partial charge in [0.25, 0.3) is 5.91 Å². The van der Waals surface area contributed by atoms with Crippen molar-refractivity contribution in [3.05, 3.63) is 51.8 Å². The second-order valence-electron chi connectivity index (χ2n) is 6.09. The van der Waals surface area contributed by atoms with E-state index >= 15 is 0 Å². The van der Waals surface area contributed by atoms with Crippen molar-refractivity contribution in [2.75, 3.05) is 5.32 Å². The number of aromatic nitrogens is 4. The summed E-state index contributed by atoms with van der Waals surface area (Å²) in [5.74, 6) is -0.904. The van der Waals surface area contributed by atoms with Crippen LogP contribution >= 0.6 is 11.6 Å². The minimum atomic E-state index is -4.73. The number of nitrogens with one attached hydrogen (secondary N) is 2. The van der Waals surface area contributed by atoms with E-state index in [2.05, 4.69) is 25.6 Å². The van der Waals surface area contributed by atoms with E-state index in [1.807, 2.05) is 32.9 Å². The van der Waals surface area contributed by atoms with Crippen LogP contribution in [-0.4, -0.2) is 32.1 Å². The highest BCUT2D eigenvalue weighted by molar-refractivity contribution is 6.32. The van der Waals surface area contributed by atoms with Crippen molar-refractivity contribution in [2.24, 2.45) is 17.8 Å². The van der Waals surface area contributed by atoms with Crippen molar-refractivity contribution in [2.45, 2.75) is 26.9 Å². The lowest BCUT2D eigenvalue weighted by Crippen LogP contribution is -2.12. The van der Waals surface area contributed by atoms with Crippen molar-refractivity contribution in [1.29, 1.82) is 0 Å². The van der Waals surface area contributed by atoms with Gasteiger partial charge in [-0.2, -0.15) is 23.4 Å². The Hall–Kier alpha value is -3.34. The molecule has 0 aliphatic rings. The molecule has 2 heterocycles. The Morgan fingerprint density at radius 1 is 1.35 bits per heavy atom. The average molecular weight is 456 g/mol. The number of halogens is 4. The SMILES string of the molecule is CC.Cc1cccc(Nc2[nH]nc(N=Cc3c(C(F)(F)F)nn(C)c3Cl)c2C(N)=O)c1. The molecule has 1 amide bonds. The molecule has 3 aromatic rings. The lowest BCUT2D eigenvalue weighted by atomic mass is 10.2. The normalized spacial score (nSPS) is 11.4. The Morgan fingerprint density at radius 2 is 2.03 bits per heavy atom. The number of amides is 1. The molecule has 0 atom stereocenters. The summed E-state index contributed by atoms with van der Waals surface area (Å²) in [5.41, 5.74) is 5.27. The first-order chi connectivity index (χ1) is 14.6. The monoisotopic (exact) mass is 455 g/mol. The fraction of sp³-hybridized carbons (Fsp3) is 0.263. The molecule has 1 aromatic carbocycles. The molecule has 0 aliphatic heterocycles. The number of nitrogens with two attached hydrogens (primary N) is 1. The van der Waals surface area contributed by atoms with E-state index in [1.165, 1.54) is 7.05 Å². The molecular weight excluding hydrogens is 435 g/mol. The number of aryl methyl sites for hydroxylation is 2. The molecule has 0 fully saturated rings. The van der Waals surface area contributed by atoms with Crippen LogP contribution in [0.1, 0.15) is 41.0 Å². The van der Waals surface area contributed by atoms with E-state index in [9.17, 15) is 18.0 Å². The van der Waals surface area contributed by atoms with Gasteiger partial charge in [0.05, 0.1) is 5.56 Å². The smallest absolute Gasteiger partial charge is 0.365 e. The molecule has 0 bridgehead atoms. The van der Waals surface area contributed by atoms with Crippen LogP contribution in [0.2, 0.25) is 5.15 Å². The van der Waals surface area contributed by atoms with Gasteiger partial charge in [0.1, 0.15) is 16.5 Å². The predicted octanol–water partition coefficient (Wildman–Crippen LogP) is 4.74. The largest absolute Gasteiger partial charge is 0.435 e. The first-order valence-electron chi connectivity index (χ1n) is 9.13. The van der Waals surface area contributed by atoms with Crippen molar-refractivity contribution < 1.29 is 18.0 Å². The number of hydrogen-bond acceptors (Lipinski definition) is 5. The van der Waals surface area contributed by atoms with Crippen LogP contribution in [0, 0.1) is 6.92 Å². The Morgan fingerprint density at radius 3 is 2.61 bits per heavy atom. The average Bonchev–Trinajstić information content (AvgIpc) is 3.22. The Bertz CT molecular complexity index is 1100. The first-order valence-corrected chi connectivity index (χ1v) is 9.51. The van der Waals surface area contributed by atoms with Crippen LogP contribution < -0.4 is 11.1 Å². The number of carbonyl (C=O) groups excluding carboxylic acids is 1. The van der Waals surface area contributed by atoms with Gasteiger partial charge in [-0.15, -0.1) is 0 Å². The second kappa shape index (κ2) is 9.65. The van der Waals surface area contributed by atoms with Gasteiger partial charge in [-0.25, -0.2) is 4.99 Å². The molecule has 166 valence electrons. The van der Waals surface area contributed by atoms with Crippen LogP contribution in [0.3, 0.4) is 0 Å². The number of primary amides is 1. The van der Waals surface area contributed by atoms with Crippen LogP contribution in [0.4, 0.5) is 30.5 Å². The Balaban J connectivity index is 0.00000166. The highest BCUT2D eigenvalue weighted by Crippen LogP contribution is 2.34. The number of rotatable bonds is 5. The number of aliphatic imine (C=N–C) groups is 1. The zero-order chi connectivity index (χ0) is 23.3. The van der Waals surface area contributed by atoms with Crippen molar-refractivity contribution in [1.82, 2.24) is 20.0 Å². The third-order valence-electron chi connectivity index (χ3n) is 3.88. The quantitative estimate of drug-likeness (QED) is 0.482. The lowest BCUT2D eigenvalue weighted by Gasteiger charge is -2.06. The summed E-state index contributed by atoms with van der Waals surface area (Å²) in [4.78, 5) is 15.8. The van der Waals surface area contributed by atoms with E-state index in [1.54, 1.807) is 12.1 Å². The third kappa shape index (κ3) is 5.43. The standard InChI is InChI=1S/C17H15ClF3N7O.C2H6/c1-8-4-3-5-9(6-8)24-16-11(14(22)29)15(25-26-16)23-7-10-12(17(19,20)21)27-28(2)13(10)18;1-2/h3-7H,1-2H3,(H2,22,29)(H2,24,25,26);1-2H3. The second-order valence-corrected chi connectivity index (χ2v) is 6.45. The number of benzene rings is 1. The lowest BCUT2D eigenvalue weighted by molar-refractivity contribution is -0.141. The topological polar surface area (TPSA) is 114 Å². The fourth-order valence-corrected chi connectivity index (χ4v) is 2.76. The summed E-state index contributed by atoms with van der Waals surface area (Å²) in [6.07, 6.45) is -3.89. The summed E-state index contributed by atoms with van der Waals surface area (Å²) in [6, 6.07) is 7.27. The van der Waals surface area contributed by atoms with Gasteiger partial charge in [0.2, 0.25) is 0 Å². The van der Waals surface area contributed by atoms with Crippen LogP contribution in [0.5, 0.6) is 0 Å². The number of hydrogen-bond donors (Lipinski definition) is 3. The molecular formula is C19H21ClF3N7O. The maximum Gasteiger partial charge on any atom is 0.435 e. The summed E-state index contributed by atoms with van der Waals surface area (Å²) < 4.78 is 40.3. The van der Waals surface area contributed by atoms with Crippen molar-refractivity contribution in [3.8, 4) is 0 Å². The van der Waals surface area contributed by atoms with E-state index < -0.39 is 23.3 Å². The molecule has 0 aliphatic carbocycles. The third-order valence-corrected chi connectivity index (χ3v) is 4.33. The highest BCUT2D eigenvalue weighted by atomic mass is 35.5. The van der Waals surface area contributed by atoms with Crippen molar-refractivity contribution >= 4 is 41.0 Å². The zero-order valence-electron chi connectivity index (χ0n) is 17.2. The minimum Gasteiger partial charge on any atom is -0.365 e. The molecule has 8 nitrogen and oxygen atoms in total. The van der Waals surface area contributed by atoms with E-state index in [-0.39, 0.29) is 22.4 Å². The molecule has 0 saturated heterocycles. The fourth-order valence-electron chi connectivity index (χ4n) is 2.59. The molecule has 0 unspecified atom stereocenters. The van der Waals surface area contributed by atoms with Gasteiger partial charge in [-0.1, -0.05) is 37.6 Å². The zero-order valence-corrected chi connectivity index (χ0v) is 17.9. The van der Waals surface area contributed by atoms with Gasteiger partial charge in [-0.3, -0.25) is 14.6 Å². The number of carbonyl (C=O) groups is 1. The number of aromatic amines is 1. The van der Waals surface area contributed by atoms with E-state index in [4.69, 9.17) is 17.3 Å². The maximum absolute atomic E-state index is 13.2. The molecule has 0 radical (unpaired) electrons. The van der Waals surface area contributed by atoms with E-state index in [0.29, 0.717) is 5.69 Å². The number of nitrogens with zero attached hydrogens (tertiary/aromatic N) is 4. The number of alkyl halides is 3. The van der Waals surface area contributed by atoms with E-state index in [0.717, 1.165) is 16.5 Å². The van der Waals surface area contributed by atoms with Gasteiger partial charge < -0.3 is 11.1 Å². The maximum atomic E-state index is 13.2. The van der Waals surface area contributed by atoms with Crippen molar-refractivity contribution in [3.63, 3.8) is 0 Å². The van der Waals surface area contributed by atoms with Gasteiger partial charge in [0.15, 0.2) is 11.5 Å². The Kier molecular flexibility index (Phi) is 7.45. The Labute approximate surface area is 181 Å². The van der Waals surface area contributed by atoms with Crippen LogP contribution in [0.15, 0.2) is 29.3 Å². The van der Waals surface area contributed by atoms with Gasteiger partial charge in [-0.05, 0) is 24.6 Å². The number of H-pyrrole nitrogens is 1. The van der Waals surface area contributed by atoms with Crippen LogP contribution in [0.25, 0.3) is 0 Å². The highest BCUT2D eigenvalue weighted by Gasteiger charge is 2.38. The summed E-state index contributed by atoms with van der Waals surface area (Å²) in [7, 11) is 1.27. The predicted molar refractivity (Wildman–Crippen MR) is 113 cm³/mol. The van der Waals surface area contributed by atoms with Gasteiger partial charge in [0, 0.05) is 18.9 Å². The molecule has 0 spiro atoms. The first kappa shape index (κ1) is 23.9. The summed E-state index contributed by atoms with van der Waals surface area (Å²) in [5, 5.41) is 12.5. The summed E-state index contributed by atoms with van der Waals surface area (Å²) >= 11 is 5.89. The molecule has 31 heavy (non-hydrogen) atoms. The molecule has 3 rings (SSSR count). The molecule has 4 N–H and O–H groups in total. The number of anilines is 2.